The molecule has 9 heteroatoms. The predicted octanol–water partition coefficient (Wildman–Crippen LogP) is 2.42. The number of ether oxygens (including phenoxy) is 2. The van der Waals surface area contributed by atoms with Crippen LogP contribution < -0.4 is 15.0 Å². The summed E-state index contributed by atoms with van der Waals surface area (Å²) in [5.74, 6) is 1.36. The number of methoxy groups -OCH3 is 2. The summed E-state index contributed by atoms with van der Waals surface area (Å²) in [6.07, 6.45) is 3.57. The van der Waals surface area contributed by atoms with Crippen molar-refractivity contribution < 1.29 is 17.9 Å². The molecule has 0 saturated carbocycles. The second-order valence-corrected chi connectivity index (χ2v) is 9.24. The molecule has 3 aromatic rings. The standard InChI is InChI=1S/C22H25N3O5S/c1-24(2)31(27,28)20-7-5-17(6-8-20)21-14-23-15-25(22(21)26)10-9-16-11-18(29-3)13-19(12-16)30-4/h5-8,11-15H,9-10H2,1-4H3. The molecule has 0 atom stereocenters. The van der Waals surface area contributed by atoms with Gasteiger partial charge in [0.05, 0.1) is 31.0 Å². The second-order valence-electron chi connectivity index (χ2n) is 7.09. The minimum Gasteiger partial charge on any atom is -0.497 e. The van der Waals surface area contributed by atoms with Gasteiger partial charge in [0.25, 0.3) is 5.56 Å². The first-order chi connectivity index (χ1) is 14.8. The predicted molar refractivity (Wildman–Crippen MR) is 118 cm³/mol. The van der Waals surface area contributed by atoms with Gasteiger partial charge in [-0.2, -0.15) is 0 Å². The van der Waals surface area contributed by atoms with Gasteiger partial charge in [-0.05, 0) is 41.8 Å². The Bertz CT molecular complexity index is 1200. The highest BCUT2D eigenvalue weighted by Gasteiger charge is 2.17. The quantitative estimate of drug-likeness (QED) is 0.531. The fourth-order valence-electron chi connectivity index (χ4n) is 3.09. The average molecular weight is 444 g/mol. The van der Waals surface area contributed by atoms with E-state index in [0.717, 1.165) is 9.87 Å². The Morgan fingerprint density at radius 3 is 2.16 bits per heavy atom. The van der Waals surface area contributed by atoms with Gasteiger partial charge in [-0.3, -0.25) is 9.36 Å². The zero-order chi connectivity index (χ0) is 22.6. The number of sulfonamides is 1. The van der Waals surface area contributed by atoms with E-state index in [4.69, 9.17) is 9.47 Å². The van der Waals surface area contributed by atoms with E-state index in [0.29, 0.717) is 35.6 Å². The van der Waals surface area contributed by atoms with E-state index in [1.54, 1.807) is 32.4 Å². The van der Waals surface area contributed by atoms with Crippen molar-refractivity contribution in [3.63, 3.8) is 0 Å². The molecule has 8 nitrogen and oxygen atoms in total. The Balaban J connectivity index is 1.85. The number of hydrogen-bond acceptors (Lipinski definition) is 6. The van der Waals surface area contributed by atoms with Crippen LogP contribution in [0.15, 0.2) is 64.7 Å². The number of aromatic nitrogens is 2. The molecule has 0 aliphatic heterocycles. The highest BCUT2D eigenvalue weighted by molar-refractivity contribution is 7.89. The van der Waals surface area contributed by atoms with E-state index in [1.807, 2.05) is 12.1 Å². The largest absolute Gasteiger partial charge is 0.497 e. The minimum absolute atomic E-state index is 0.164. The molecule has 1 heterocycles. The lowest BCUT2D eigenvalue weighted by atomic mass is 10.1. The molecule has 0 fully saturated rings. The zero-order valence-corrected chi connectivity index (χ0v) is 18.7. The summed E-state index contributed by atoms with van der Waals surface area (Å²) in [5, 5.41) is 0. The molecule has 0 amide bonds. The maximum absolute atomic E-state index is 13.0. The molecule has 0 spiro atoms. The molecule has 0 radical (unpaired) electrons. The average Bonchev–Trinajstić information content (AvgIpc) is 2.78. The van der Waals surface area contributed by atoms with E-state index < -0.39 is 10.0 Å². The number of aryl methyl sites for hydroxylation is 2. The van der Waals surface area contributed by atoms with Crippen molar-refractivity contribution in [2.45, 2.75) is 17.9 Å². The summed E-state index contributed by atoms with van der Waals surface area (Å²) < 4.78 is 37.7. The van der Waals surface area contributed by atoms with Crippen molar-refractivity contribution in [1.29, 1.82) is 0 Å². The Morgan fingerprint density at radius 1 is 1.00 bits per heavy atom. The van der Waals surface area contributed by atoms with Crippen LogP contribution >= 0.6 is 0 Å². The normalized spacial score (nSPS) is 11.5. The van der Waals surface area contributed by atoms with E-state index in [1.165, 1.54) is 43.3 Å². The molecule has 0 bridgehead atoms. The van der Waals surface area contributed by atoms with E-state index in [-0.39, 0.29) is 10.5 Å². The van der Waals surface area contributed by atoms with Crippen LogP contribution in [-0.4, -0.2) is 50.6 Å². The first-order valence-corrected chi connectivity index (χ1v) is 11.0. The lowest BCUT2D eigenvalue weighted by Crippen LogP contribution is -2.23. The third-order valence-corrected chi connectivity index (χ3v) is 6.73. The van der Waals surface area contributed by atoms with Crippen LogP contribution in [0.4, 0.5) is 0 Å². The molecule has 0 saturated heterocycles. The fourth-order valence-corrected chi connectivity index (χ4v) is 3.99. The molecule has 31 heavy (non-hydrogen) atoms. The summed E-state index contributed by atoms with van der Waals surface area (Å²) in [7, 11) is 2.59. The van der Waals surface area contributed by atoms with Gasteiger partial charge in [-0.1, -0.05) is 12.1 Å². The smallest absolute Gasteiger partial charge is 0.261 e. The lowest BCUT2D eigenvalue weighted by molar-refractivity contribution is 0.393. The Kier molecular flexibility index (Phi) is 6.77. The van der Waals surface area contributed by atoms with Gasteiger partial charge in [-0.15, -0.1) is 0 Å². The van der Waals surface area contributed by atoms with Crippen LogP contribution in [0.1, 0.15) is 5.56 Å². The number of benzene rings is 2. The molecular formula is C22H25N3O5S. The summed E-state index contributed by atoms with van der Waals surface area (Å²) >= 11 is 0. The summed E-state index contributed by atoms with van der Waals surface area (Å²) in [5.41, 5.74) is 1.77. The molecule has 1 aromatic heterocycles. The SMILES string of the molecule is COc1cc(CCn2cncc(-c3ccc(S(=O)(=O)N(C)C)cc3)c2=O)cc(OC)c1. The summed E-state index contributed by atoms with van der Waals surface area (Å²) in [4.78, 5) is 17.3. The van der Waals surface area contributed by atoms with Crippen LogP contribution in [0.5, 0.6) is 11.5 Å². The van der Waals surface area contributed by atoms with Crippen molar-refractivity contribution >= 4 is 10.0 Å². The van der Waals surface area contributed by atoms with Crippen LogP contribution in [-0.2, 0) is 23.0 Å². The van der Waals surface area contributed by atoms with Crippen molar-refractivity contribution in [3.8, 4) is 22.6 Å². The Labute approximate surface area is 181 Å². The molecule has 164 valence electrons. The van der Waals surface area contributed by atoms with Crippen LogP contribution in [0.25, 0.3) is 11.1 Å². The van der Waals surface area contributed by atoms with E-state index in [9.17, 15) is 13.2 Å². The van der Waals surface area contributed by atoms with Crippen molar-refractivity contribution in [3.05, 3.63) is 70.9 Å². The maximum atomic E-state index is 13.0. The molecule has 3 rings (SSSR count). The molecule has 0 unspecified atom stereocenters. The van der Waals surface area contributed by atoms with Gasteiger partial charge >= 0.3 is 0 Å². The van der Waals surface area contributed by atoms with Crippen LogP contribution in [0, 0.1) is 0 Å². The molecule has 0 N–H and O–H groups in total. The highest BCUT2D eigenvalue weighted by atomic mass is 32.2. The zero-order valence-electron chi connectivity index (χ0n) is 17.9. The van der Waals surface area contributed by atoms with Gasteiger partial charge in [0, 0.05) is 32.9 Å². The van der Waals surface area contributed by atoms with Crippen molar-refractivity contribution in [2.75, 3.05) is 28.3 Å². The van der Waals surface area contributed by atoms with E-state index >= 15 is 0 Å². The van der Waals surface area contributed by atoms with Crippen molar-refractivity contribution in [2.24, 2.45) is 0 Å². The van der Waals surface area contributed by atoms with Gasteiger partial charge in [0.1, 0.15) is 11.5 Å². The van der Waals surface area contributed by atoms with Gasteiger partial charge in [0.15, 0.2) is 0 Å². The van der Waals surface area contributed by atoms with Gasteiger partial charge in [-0.25, -0.2) is 17.7 Å². The first-order valence-electron chi connectivity index (χ1n) is 9.55. The summed E-state index contributed by atoms with van der Waals surface area (Å²) in [6.45, 7) is 0.420. The fraction of sp³-hybridized carbons (Fsp3) is 0.273. The lowest BCUT2D eigenvalue weighted by Gasteiger charge is -2.12. The van der Waals surface area contributed by atoms with Gasteiger partial charge < -0.3 is 9.47 Å². The van der Waals surface area contributed by atoms with Crippen LogP contribution in [0.3, 0.4) is 0 Å². The van der Waals surface area contributed by atoms with E-state index in [2.05, 4.69) is 4.98 Å². The third kappa shape index (κ3) is 4.95. The number of hydrogen-bond donors (Lipinski definition) is 0. The van der Waals surface area contributed by atoms with Crippen molar-refractivity contribution in [1.82, 2.24) is 13.9 Å². The monoisotopic (exact) mass is 443 g/mol. The third-order valence-electron chi connectivity index (χ3n) is 4.90. The minimum atomic E-state index is -3.53. The Hall–Kier alpha value is -3.17. The maximum Gasteiger partial charge on any atom is 0.261 e. The number of rotatable bonds is 8. The van der Waals surface area contributed by atoms with Crippen LogP contribution in [0.2, 0.25) is 0 Å². The topological polar surface area (TPSA) is 90.7 Å². The molecule has 0 aliphatic carbocycles. The second kappa shape index (κ2) is 9.32. The Morgan fingerprint density at radius 2 is 1.61 bits per heavy atom. The highest BCUT2D eigenvalue weighted by Crippen LogP contribution is 2.23. The molecule has 0 aliphatic rings. The summed E-state index contributed by atoms with van der Waals surface area (Å²) in [6, 6.07) is 11.8. The first kappa shape index (κ1) is 22.5. The number of nitrogens with zero attached hydrogens (tertiary/aromatic N) is 3. The molecule has 2 aromatic carbocycles. The molecular weight excluding hydrogens is 418 g/mol. The van der Waals surface area contributed by atoms with Gasteiger partial charge in [0.2, 0.25) is 10.0 Å².